The Morgan fingerprint density at radius 3 is 2.89 bits per heavy atom. The van der Waals surface area contributed by atoms with Crippen molar-refractivity contribution < 1.29 is 4.79 Å². The van der Waals surface area contributed by atoms with Crippen LogP contribution >= 0.6 is 0 Å². The maximum Gasteiger partial charge on any atom is 0.249 e. The van der Waals surface area contributed by atoms with Gasteiger partial charge in [-0.3, -0.25) is 9.69 Å². The van der Waals surface area contributed by atoms with Crippen LogP contribution in [0.25, 0.3) is 0 Å². The minimum absolute atomic E-state index is 0.342. The minimum atomic E-state index is -0.342. The summed E-state index contributed by atoms with van der Waals surface area (Å²) in [5, 5.41) is 0. The van der Waals surface area contributed by atoms with E-state index in [0.29, 0.717) is 11.5 Å². The van der Waals surface area contributed by atoms with E-state index in [1.807, 2.05) is 18.2 Å². The molecule has 2 rings (SSSR count). The zero-order valence-electron chi connectivity index (χ0n) is 11.3. The first kappa shape index (κ1) is 14.0. The number of carbonyl (C=O) groups excluding carboxylic acids is 1. The third kappa shape index (κ3) is 3.78. The van der Waals surface area contributed by atoms with Crippen LogP contribution in [0.4, 0.5) is 0 Å². The molecule has 0 aliphatic carbocycles. The van der Waals surface area contributed by atoms with Gasteiger partial charge in [-0.15, -0.1) is 0 Å². The van der Waals surface area contributed by atoms with Crippen molar-refractivity contribution in [1.82, 2.24) is 4.90 Å². The molecule has 1 aliphatic rings. The molecule has 1 unspecified atom stereocenters. The van der Waals surface area contributed by atoms with Gasteiger partial charge in [0, 0.05) is 18.7 Å². The Morgan fingerprint density at radius 1 is 1.37 bits per heavy atom. The lowest BCUT2D eigenvalue weighted by Crippen LogP contribution is -2.36. The normalized spacial score (nSPS) is 20.4. The van der Waals surface area contributed by atoms with E-state index in [0.717, 1.165) is 38.2 Å². The number of carbonyl (C=O) groups is 1. The van der Waals surface area contributed by atoms with Crippen molar-refractivity contribution in [3.63, 3.8) is 0 Å². The smallest absolute Gasteiger partial charge is 0.249 e. The molecule has 0 radical (unpaired) electrons. The number of nitrogens with zero attached hydrogens (tertiary/aromatic N) is 1. The fraction of sp³-hybridized carbons (Fsp3) is 0.533. The van der Waals surface area contributed by atoms with Crippen molar-refractivity contribution in [3.05, 3.63) is 35.4 Å². The lowest BCUT2D eigenvalue weighted by Gasteiger charge is -2.32. The van der Waals surface area contributed by atoms with Crippen LogP contribution in [0.2, 0.25) is 0 Å². The number of piperidine rings is 1. The van der Waals surface area contributed by atoms with Crippen LogP contribution < -0.4 is 11.5 Å². The highest BCUT2D eigenvalue weighted by molar-refractivity contribution is 5.94. The van der Waals surface area contributed by atoms with Crippen LogP contribution in [0.3, 0.4) is 0 Å². The summed E-state index contributed by atoms with van der Waals surface area (Å²) in [6, 6.07) is 7.62. The molecule has 1 heterocycles. The van der Waals surface area contributed by atoms with E-state index in [-0.39, 0.29) is 5.91 Å². The fourth-order valence-electron chi connectivity index (χ4n) is 2.91. The average Bonchev–Trinajstić information content (AvgIpc) is 2.40. The molecular formula is C15H23N3O. The Balaban J connectivity index is 2.02. The highest BCUT2D eigenvalue weighted by Gasteiger charge is 2.20. The average molecular weight is 261 g/mol. The second kappa shape index (κ2) is 6.68. The van der Waals surface area contributed by atoms with Gasteiger partial charge in [0.1, 0.15) is 0 Å². The summed E-state index contributed by atoms with van der Waals surface area (Å²) in [5.41, 5.74) is 12.7. The number of primary amides is 1. The summed E-state index contributed by atoms with van der Waals surface area (Å²) in [4.78, 5) is 13.8. The van der Waals surface area contributed by atoms with E-state index in [1.165, 1.54) is 12.8 Å². The first-order valence-corrected chi connectivity index (χ1v) is 7.01. The lowest BCUT2D eigenvalue weighted by molar-refractivity contribution is 0.0997. The molecule has 0 spiro atoms. The molecule has 0 bridgehead atoms. The Bertz CT molecular complexity index is 431. The van der Waals surface area contributed by atoms with Crippen molar-refractivity contribution in [2.45, 2.75) is 25.8 Å². The van der Waals surface area contributed by atoms with Gasteiger partial charge in [0.25, 0.3) is 0 Å². The van der Waals surface area contributed by atoms with Crippen LogP contribution in [0.5, 0.6) is 0 Å². The molecular weight excluding hydrogens is 238 g/mol. The maximum absolute atomic E-state index is 11.4. The van der Waals surface area contributed by atoms with Crippen molar-refractivity contribution in [1.29, 1.82) is 0 Å². The molecule has 4 N–H and O–H groups in total. The van der Waals surface area contributed by atoms with Crippen molar-refractivity contribution in [2.24, 2.45) is 17.4 Å². The largest absolute Gasteiger partial charge is 0.366 e. The molecule has 1 amide bonds. The zero-order valence-corrected chi connectivity index (χ0v) is 11.3. The second-order valence-corrected chi connectivity index (χ2v) is 5.34. The fourth-order valence-corrected chi connectivity index (χ4v) is 2.91. The first-order valence-electron chi connectivity index (χ1n) is 7.01. The molecule has 1 aromatic carbocycles. The SMILES string of the molecule is NCCC1CCCN(Cc2ccccc2C(N)=O)C1. The zero-order chi connectivity index (χ0) is 13.7. The third-order valence-electron chi connectivity index (χ3n) is 3.85. The van der Waals surface area contributed by atoms with Gasteiger partial charge in [-0.25, -0.2) is 0 Å². The Labute approximate surface area is 114 Å². The predicted molar refractivity (Wildman–Crippen MR) is 76.6 cm³/mol. The highest BCUT2D eigenvalue weighted by Crippen LogP contribution is 2.21. The third-order valence-corrected chi connectivity index (χ3v) is 3.85. The van der Waals surface area contributed by atoms with Crippen molar-refractivity contribution >= 4 is 5.91 Å². The summed E-state index contributed by atoms with van der Waals surface area (Å²) >= 11 is 0. The first-order chi connectivity index (χ1) is 9.20. The molecule has 4 heteroatoms. The Kier molecular flexibility index (Phi) is 4.93. The van der Waals surface area contributed by atoms with Crippen molar-refractivity contribution in [3.8, 4) is 0 Å². The Hall–Kier alpha value is -1.39. The summed E-state index contributed by atoms with van der Waals surface area (Å²) in [6.45, 7) is 3.73. The number of benzene rings is 1. The molecule has 1 aliphatic heterocycles. The standard InChI is InChI=1S/C15H23N3O/c16-8-7-12-4-3-9-18(10-12)11-13-5-1-2-6-14(13)15(17)19/h1-2,5-6,12H,3-4,7-11,16H2,(H2,17,19). The van der Waals surface area contributed by atoms with Crippen LogP contribution in [-0.2, 0) is 6.54 Å². The van der Waals surface area contributed by atoms with Crippen LogP contribution in [0.1, 0.15) is 35.2 Å². The van der Waals surface area contributed by atoms with E-state index >= 15 is 0 Å². The van der Waals surface area contributed by atoms with Gasteiger partial charge in [-0.05, 0) is 49.9 Å². The van der Waals surface area contributed by atoms with Gasteiger partial charge >= 0.3 is 0 Å². The van der Waals surface area contributed by atoms with Gasteiger partial charge in [0.05, 0.1) is 0 Å². The number of hydrogen-bond acceptors (Lipinski definition) is 3. The van der Waals surface area contributed by atoms with Gasteiger partial charge in [-0.2, -0.15) is 0 Å². The molecule has 104 valence electrons. The molecule has 1 saturated heterocycles. The van der Waals surface area contributed by atoms with Crippen LogP contribution in [0, 0.1) is 5.92 Å². The van der Waals surface area contributed by atoms with Gasteiger partial charge in [0.15, 0.2) is 0 Å². The second-order valence-electron chi connectivity index (χ2n) is 5.34. The summed E-state index contributed by atoms with van der Waals surface area (Å²) < 4.78 is 0. The molecule has 19 heavy (non-hydrogen) atoms. The van der Waals surface area contributed by atoms with E-state index < -0.39 is 0 Å². The topological polar surface area (TPSA) is 72.3 Å². The molecule has 1 fully saturated rings. The summed E-state index contributed by atoms with van der Waals surface area (Å²) in [7, 11) is 0. The summed E-state index contributed by atoms with van der Waals surface area (Å²) in [5.74, 6) is 0.352. The van der Waals surface area contributed by atoms with Gasteiger partial charge < -0.3 is 11.5 Å². The van der Waals surface area contributed by atoms with Gasteiger partial charge in [0.2, 0.25) is 5.91 Å². The Morgan fingerprint density at radius 2 is 2.16 bits per heavy atom. The number of nitrogens with two attached hydrogens (primary N) is 2. The highest BCUT2D eigenvalue weighted by atomic mass is 16.1. The van der Waals surface area contributed by atoms with E-state index in [9.17, 15) is 4.79 Å². The molecule has 0 aromatic heterocycles. The monoisotopic (exact) mass is 261 g/mol. The lowest BCUT2D eigenvalue weighted by atomic mass is 9.94. The number of amides is 1. The number of rotatable bonds is 5. The quantitative estimate of drug-likeness (QED) is 0.840. The van der Waals surface area contributed by atoms with Gasteiger partial charge in [-0.1, -0.05) is 18.2 Å². The number of hydrogen-bond donors (Lipinski definition) is 2. The van der Waals surface area contributed by atoms with Crippen LogP contribution in [-0.4, -0.2) is 30.4 Å². The van der Waals surface area contributed by atoms with E-state index in [1.54, 1.807) is 6.07 Å². The molecule has 0 saturated carbocycles. The van der Waals surface area contributed by atoms with Crippen LogP contribution in [0.15, 0.2) is 24.3 Å². The minimum Gasteiger partial charge on any atom is -0.366 e. The van der Waals surface area contributed by atoms with E-state index in [2.05, 4.69) is 4.90 Å². The van der Waals surface area contributed by atoms with Crippen molar-refractivity contribution in [2.75, 3.05) is 19.6 Å². The molecule has 4 nitrogen and oxygen atoms in total. The summed E-state index contributed by atoms with van der Waals surface area (Å²) in [6.07, 6.45) is 3.57. The number of likely N-dealkylation sites (tertiary alicyclic amines) is 1. The molecule has 1 atom stereocenters. The molecule has 1 aromatic rings. The predicted octanol–water partition coefficient (Wildman–Crippen LogP) is 1.35. The maximum atomic E-state index is 11.4. The van der Waals surface area contributed by atoms with E-state index in [4.69, 9.17) is 11.5 Å².